The molecule has 17 heteroatoms. The van der Waals surface area contributed by atoms with Gasteiger partial charge in [-0.25, -0.2) is 14.6 Å². The van der Waals surface area contributed by atoms with Crippen LogP contribution in [0.2, 0.25) is 0 Å². The molecule has 0 aromatic carbocycles. The van der Waals surface area contributed by atoms with Gasteiger partial charge < -0.3 is 50.2 Å². The van der Waals surface area contributed by atoms with Crippen LogP contribution in [0.25, 0.3) is 11.0 Å². The number of nitrogens with zero attached hydrogens (tertiary/aromatic N) is 4. The summed E-state index contributed by atoms with van der Waals surface area (Å²) >= 11 is 0. The Bertz CT molecular complexity index is 1610. The smallest absolute Gasteiger partial charge is 0.410 e. The lowest BCUT2D eigenvalue weighted by Crippen LogP contribution is -2.68. The number of likely N-dealkylation sites (tertiary alicyclic amines) is 1. The quantitative estimate of drug-likeness (QED) is 0.185. The number of ether oxygens (including phenoxy) is 3. The first-order chi connectivity index (χ1) is 24.0. The standard InChI is InChI=1S/C34H48N6O11/c1-20(41)37-26-24(42)16-34(30(46)47,10-13-40-14-15-49-19-33(40)9-12-39(18-33)31(48)51-32(2,3)4)50-28(26)27(44)25(43)17-36-29(45)23-8-7-21-22(38-23)6-5-11-35-21/h5-8,11,24-28,42-44H,9-10,12-19H2,1-4H3,(H,36,45)(H,37,41)(H,46,47)/t24-,25+,26+,27+,28+,33-,34+/m0/s1. The third-order valence-electron chi connectivity index (χ3n) is 9.64. The van der Waals surface area contributed by atoms with Crippen molar-refractivity contribution in [1.29, 1.82) is 0 Å². The number of aliphatic hydroxyl groups is 3. The third kappa shape index (κ3) is 8.73. The van der Waals surface area contributed by atoms with Gasteiger partial charge in [0.1, 0.15) is 23.5 Å². The lowest BCUT2D eigenvalue weighted by Gasteiger charge is -2.49. The van der Waals surface area contributed by atoms with Crippen LogP contribution < -0.4 is 10.6 Å². The first kappa shape index (κ1) is 38.2. The summed E-state index contributed by atoms with van der Waals surface area (Å²) in [5.41, 5.74) is -2.21. The Hall–Kier alpha value is -4.00. The van der Waals surface area contributed by atoms with Gasteiger partial charge in [-0.05, 0) is 51.5 Å². The number of fused-ring (bicyclic) bond motifs is 1. The average Bonchev–Trinajstić information content (AvgIpc) is 3.50. The van der Waals surface area contributed by atoms with Crippen molar-refractivity contribution in [2.24, 2.45) is 0 Å². The van der Waals surface area contributed by atoms with Crippen molar-refractivity contribution >= 4 is 34.9 Å². The lowest BCUT2D eigenvalue weighted by molar-refractivity contribution is -0.231. The molecule has 7 atom stereocenters. The Morgan fingerprint density at radius 3 is 2.61 bits per heavy atom. The molecule has 2 aromatic rings. The van der Waals surface area contributed by atoms with Crippen molar-refractivity contribution < 1.29 is 53.8 Å². The van der Waals surface area contributed by atoms with Gasteiger partial charge in [0.15, 0.2) is 5.60 Å². The zero-order valence-corrected chi connectivity index (χ0v) is 29.3. The van der Waals surface area contributed by atoms with E-state index in [1.54, 1.807) is 50.1 Å². The highest BCUT2D eigenvalue weighted by Gasteiger charge is 2.55. The maximum Gasteiger partial charge on any atom is 0.410 e. The molecule has 3 aliphatic rings. The van der Waals surface area contributed by atoms with E-state index in [0.717, 1.165) is 0 Å². The first-order valence-electron chi connectivity index (χ1n) is 17.1. The molecule has 0 unspecified atom stereocenters. The van der Waals surface area contributed by atoms with Crippen LogP contribution in [0.5, 0.6) is 0 Å². The Kier molecular flexibility index (Phi) is 11.5. The molecule has 3 fully saturated rings. The van der Waals surface area contributed by atoms with Crippen molar-refractivity contribution in [3.8, 4) is 0 Å². The number of pyridine rings is 2. The fourth-order valence-electron chi connectivity index (χ4n) is 7.02. The number of aliphatic hydroxyl groups excluding tert-OH is 3. The maximum atomic E-state index is 13.0. The summed E-state index contributed by atoms with van der Waals surface area (Å²) in [6.07, 6.45) is -5.48. The maximum absolute atomic E-state index is 13.0. The van der Waals surface area contributed by atoms with E-state index in [9.17, 15) is 39.6 Å². The number of amides is 3. The van der Waals surface area contributed by atoms with E-state index in [-0.39, 0.29) is 18.7 Å². The minimum atomic E-state index is -2.03. The van der Waals surface area contributed by atoms with Crippen LogP contribution in [0, 0.1) is 0 Å². The minimum Gasteiger partial charge on any atom is -0.479 e. The molecule has 6 N–H and O–H groups in total. The van der Waals surface area contributed by atoms with Gasteiger partial charge in [-0.3, -0.25) is 19.5 Å². The van der Waals surface area contributed by atoms with E-state index >= 15 is 0 Å². The Balaban J connectivity index is 1.30. The van der Waals surface area contributed by atoms with E-state index in [1.807, 2.05) is 0 Å². The monoisotopic (exact) mass is 716 g/mol. The van der Waals surface area contributed by atoms with Crippen LogP contribution in [0.1, 0.15) is 57.4 Å². The number of morpholine rings is 1. The van der Waals surface area contributed by atoms with Crippen molar-refractivity contribution in [3.05, 3.63) is 36.2 Å². The Labute approximate surface area is 295 Å². The van der Waals surface area contributed by atoms with Crippen LogP contribution in [-0.4, -0.2) is 157 Å². The van der Waals surface area contributed by atoms with Crippen LogP contribution in [0.15, 0.2) is 30.5 Å². The molecule has 0 radical (unpaired) electrons. The number of carbonyl (C=O) groups excluding carboxylic acids is 3. The summed E-state index contributed by atoms with van der Waals surface area (Å²) in [4.78, 5) is 62.9. The molecule has 0 saturated carbocycles. The summed E-state index contributed by atoms with van der Waals surface area (Å²) in [5, 5.41) is 49.2. The number of aliphatic carboxylic acids is 1. The van der Waals surface area contributed by atoms with E-state index in [0.29, 0.717) is 50.3 Å². The van der Waals surface area contributed by atoms with Gasteiger partial charge in [0.2, 0.25) is 5.91 Å². The van der Waals surface area contributed by atoms with Crippen LogP contribution in [0.4, 0.5) is 4.79 Å². The number of hydrogen-bond donors (Lipinski definition) is 6. The number of carboxylic acids is 1. The molecule has 5 rings (SSSR count). The molecule has 3 amide bonds. The van der Waals surface area contributed by atoms with E-state index in [1.165, 1.54) is 13.0 Å². The molecule has 0 aliphatic carbocycles. The third-order valence-corrected chi connectivity index (χ3v) is 9.64. The summed E-state index contributed by atoms with van der Waals surface area (Å²) in [6, 6.07) is 5.15. The molecular weight excluding hydrogens is 668 g/mol. The van der Waals surface area contributed by atoms with Gasteiger partial charge in [0.05, 0.1) is 48.0 Å². The van der Waals surface area contributed by atoms with Gasteiger partial charge in [0, 0.05) is 58.7 Å². The summed E-state index contributed by atoms with van der Waals surface area (Å²) < 4.78 is 17.5. The molecule has 5 heterocycles. The second-order valence-electron chi connectivity index (χ2n) is 14.6. The number of carboxylic acid groups (broad SMARTS) is 1. The topological polar surface area (TPSA) is 233 Å². The molecule has 3 aliphatic heterocycles. The molecule has 0 bridgehead atoms. The van der Waals surface area contributed by atoms with Crippen LogP contribution in [-0.2, 0) is 23.8 Å². The van der Waals surface area contributed by atoms with Crippen molar-refractivity contribution in [2.45, 2.75) is 94.2 Å². The highest BCUT2D eigenvalue weighted by molar-refractivity contribution is 5.94. The largest absolute Gasteiger partial charge is 0.479 e. The molecule has 51 heavy (non-hydrogen) atoms. The zero-order valence-electron chi connectivity index (χ0n) is 29.3. The lowest BCUT2D eigenvalue weighted by atomic mass is 9.81. The van der Waals surface area contributed by atoms with Gasteiger partial charge in [-0.2, -0.15) is 0 Å². The highest BCUT2D eigenvalue weighted by atomic mass is 16.6. The van der Waals surface area contributed by atoms with Crippen LogP contribution in [0.3, 0.4) is 0 Å². The average molecular weight is 717 g/mol. The Morgan fingerprint density at radius 2 is 1.90 bits per heavy atom. The Morgan fingerprint density at radius 1 is 1.14 bits per heavy atom. The van der Waals surface area contributed by atoms with E-state index < -0.39 is 84.0 Å². The number of carbonyl (C=O) groups is 4. The number of hydrogen-bond acceptors (Lipinski definition) is 13. The molecular formula is C34H48N6O11. The molecule has 3 saturated heterocycles. The van der Waals surface area contributed by atoms with E-state index in [4.69, 9.17) is 14.2 Å². The predicted molar refractivity (Wildman–Crippen MR) is 180 cm³/mol. The summed E-state index contributed by atoms with van der Waals surface area (Å²) in [6.45, 7) is 8.10. The predicted octanol–water partition coefficient (Wildman–Crippen LogP) is -0.339. The highest BCUT2D eigenvalue weighted by Crippen LogP contribution is 2.38. The van der Waals surface area contributed by atoms with E-state index in [2.05, 4.69) is 25.5 Å². The van der Waals surface area contributed by atoms with Gasteiger partial charge in [0.25, 0.3) is 5.91 Å². The number of rotatable bonds is 10. The molecule has 2 aromatic heterocycles. The minimum absolute atomic E-state index is 0.0416. The number of aromatic nitrogens is 2. The normalized spacial score (nSPS) is 28.3. The van der Waals surface area contributed by atoms with Crippen molar-refractivity contribution in [1.82, 2.24) is 30.4 Å². The first-order valence-corrected chi connectivity index (χ1v) is 17.1. The molecule has 1 spiro atoms. The zero-order chi connectivity index (χ0) is 37.1. The molecule has 17 nitrogen and oxygen atoms in total. The van der Waals surface area contributed by atoms with Crippen LogP contribution >= 0.6 is 0 Å². The molecule has 280 valence electrons. The van der Waals surface area contributed by atoms with Gasteiger partial charge in [-0.15, -0.1) is 0 Å². The SMILES string of the molecule is CC(=O)N[C@H]1[C@H]([C@H](O)[C@H](O)CNC(=O)c2ccc3ncccc3n2)O[C@@](CCN2CCOC[C@@]23CCN(C(=O)OC(C)(C)C)C3)(C(=O)O)C[C@@H]1O. The van der Waals surface area contributed by atoms with Gasteiger partial charge in [-0.1, -0.05) is 0 Å². The fourth-order valence-corrected chi connectivity index (χ4v) is 7.02. The fraction of sp³-hybridized carbons (Fsp3) is 0.647. The van der Waals surface area contributed by atoms with Crippen molar-refractivity contribution in [3.63, 3.8) is 0 Å². The second kappa shape index (κ2) is 15.3. The summed E-state index contributed by atoms with van der Waals surface area (Å²) in [7, 11) is 0. The van der Waals surface area contributed by atoms with Crippen molar-refractivity contribution in [2.75, 3.05) is 45.9 Å². The summed E-state index contributed by atoms with van der Waals surface area (Å²) in [5.74, 6) is -2.62. The van der Waals surface area contributed by atoms with Gasteiger partial charge >= 0.3 is 12.1 Å². The number of nitrogens with one attached hydrogen (secondary N) is 2. The second-order valence-corrected chi connectivity index (χ2v) is 14.6.